The molecule has 0 fully saturated rings. The van der Waals surface area contributed by atoms with Gasteiger partial charge in [0.2, 0.25) is 0 Å². The number of rotatable bonds is 13. The number of anilines is 2. The van der Waals surface area contributed by atoms with Crippen LogP contribution >= 0.6 is 0 Å². The third kappa shape index (κ3) is 8.68. The third-order valence-corrected chi connectivity index (χ3v) is 6.14. The number of carbonyl (C=O) groups is 1. The summed E-state index contributed by atoms with van der Waals surface area (Å²) in [5.74, 6) is 0.694. The molecule has 0 unspecified atom stereocenters. The Kier molecular flexibility index (Phi) is 11.3. The molecule has 2 rings (SSSR count). The van der Waals surface area contributed by atoms with Crippen molar-refractivity contribution in [3.05, 3.63) is 59.2 Å². The molecule has 3 nitrogen and oxygen atoms in total. The summed E-state index contributed by atoms with van der Waals surface area (Å²) in [5.41, 5.74) is 5.46. The predicted octanol–water partition coefficient (Wildman–Crippen LogP) is 9.26. The van der Waals surface area contributed by atoms with Crippen LogP contribution in [0.1, 0.15) is 115 Å². The van der Waals surface area contributed by atoms with Crippen LogP contribution < -0.4 is 10.6 Å². The van der Waals surface area contributed by atoms with Gasteiger partial charge >= 0.3 is 6.03 Å². The summed E-state index contributed by atoms with van der Waals surface area (Å²) in [6, 6.07) is 14.4. The predicted molar refractivity (Wildman–Crippen MR) is 140 cm³/mol. The van der Waals surface area contributed by atoms with Gasteiger partial charge < -0.3 is 10.6 Å². The fourth-order valence-corrected chi connectivity index (χ4v) is 4.19. The molecule has 176 valence electrons. The minimum atomic E-state index is -0.184. The highest BCUT2D eigenvalue weighted by molar-refractivity contribution is 6.00. The normalized spacial score (nSPS) is 11.2. The molecular formula is C29H44N2O. The van der Waals surface area contributed by atoms with Crippen LogP contribution in [0.25, 0.3) is 0 Å². The van der Waals surface area contributed by atoms with Crippen LogP contribution in [-0.4, -0.2) is 6.03 Å². The number of aryl methyl sites for hydroxylation is 1. The van der Waals surface area contributed by atoms with Gasteiger partial charge in [-0.25, -0.2) is 4.79 Å². The van der Waals surface area contributed by atoms with Gasteiger partial charge in [0.15, 0.2) is 0 Å². The van der Waals surface area contributed by atoms with Gasteiger partial charge in [0.05, 0.1) is 0 Å². The first-order chi connectivity index (χ1) is 15.4. The van der Waals surface area contributed by atoms with Crippen LogP contribution in [0.3, 0.4) is 0 Å². The fourth-order valence-electron chi connectivity index (χ4n) is 4.19. The Balaban J connectivity index is 1.84. The lowest BCUT2D eigenvalue weighted by atomic mass is 9.93. The van der Waals surface area contributed by atoms with E-state index in [0.29, 0.717) is 11.8 Å². The molecule has 0 aliphatic heterocycles. The van der Waals surface area contributed by atoms with Gasteiger partial charge in [0.1, 0.15) is 0 Å². The Morgan fingerprint density at radius 3 is 1.78 bits per heavy atom. The lowest BCUT2D eigenvalue weighted by Gasteiger charge is -2.20. The highest BCUT2D eigenvalue weighted by Gasteiger charge is 2.16. The Bertz CT molecular complexity index is 782. The van der Waals surface area contributed by atoms with E-state index in [1.807, 2.05) is 12.1 Å². The van der Waals surface area contributed by atoms with Gasteiger partial charge in [0.25, 0.3) is 0 Å². The van der Waals surface area contributed by atoms with Crippen LogP contribution in [0, 0.1) is 0 Å². The number of urea groups is 1. The highest BCUT2D eigenvalue weighted by atomic mass is 16.2. The summed E-state index contributed by atoms with van der Waals surface area (Å²) in [6.45, 7) is 10.9. The third-order valence-electron chi connectivity index (χ3n) is 6.14. The minimum Gasteiger partial charge on any atom is -0.308 e. The summed E-state index contributed by atoms with van der Waals surface area (Å²) in [5, 5.41) is 6.12. The van der Waals surface area contributed by atoms with Crippen molar-refractivity contribution in [1.29, 1.82) is 0 Å². The zero-order valence-corrected chi connectivity index (χ0v) is 21.0. The number of unbranched alkanes of at least 4 members (excludes halogenated alkanes) is 7. The van der Waals surface area contributed by atoms with E-state index < -0.39 is 0 Å². The maximum absolute atomic E-state index is 12.7. The van der Waals surface area contributed by atoms with E-state index in [4.69, 9.17) is 0 Å². The van der Waals surface area contributed by atoms with Crippen LogP contribution in [0.4, 0.5) is 16.2 Å². The molecule has 32 heavy (non-hydrogen) atoms. The molecule has 2 amide bonds. The van der Waals surface area contributed by atoms with E-state index in [1.165, 1.54) is 68.1 Å². The van der Waals surface area contributed by atoms with Crippen LogP contribution in [0.2, 0.25) is 0 Å². The van der Waals surface area contributed by atoms with E-state index in [9.17, 15) is 4.79 Å². The maximum Gasteiger partial charge on any atom is 0.323 e. The first kappa shape index (κ1) is 26.0. The van der Waals surface area contributed by atoms with Gasteiger partial charge in [0, 0.05) is 11.4 Å². The second kappa shape index (κ2) is 14.0. The summed E-state index contributed by atoms with van der Waals surface area (Å²) in [6.07, 6.45) is 11.8. The van der Waals surface area contributed by atoms with Crippen molar-refractivity contribution in [1.82, 2.24) is 0 Å². The van der Waals surface area contributed by atoms with E-state index in [0.717, 1.165) is 17.8 Å². The summed E-state index contributed by atoms with van der Waals surface area (Å²) >= 11 is 0. The SMILES string of the molecule is CCCCCCCCCCc1ccc(NC(=O)Nc2c(C(C)C)cccc2C(C)C)cc1. The van der Waals surface area contributed by atoms with Crippen molar-refractivity contribution >= 4 is 17.4 Å². The lowest BCUT2D eigenvalue weighted by Crippen LogP contribution is -2.21. The van der Waals surface area contributed by atoms with Crippen molar-refractivity contribution in [2.45, 2.75) is 104 Å². The number of hydrogen-bond acceptors (Lipinski definition) is 1. The molecule has 2 N–H and O–H groups in total. The van der Waals surface area contributed by atoms with E-state index in [2.05, 4.69) is 75.6 Å². The molecule has 3 heteroatoms. The van der Waals surface area contributed by atoms with Crippen LogP contribution in [0.5, 0.6) is 0 Å². The monoisotopic (exact) mass is 436 g/mol. The molecule has 0 bridgehead atoms. The quantitative estimate of drug-likeness (QED) is 0.302. The topological polar surface area (TPSA) is 41.1 Å². The minimum absolute atomic E-state index is 0.184. The van der Waals surface area contributed by atoms with Crippen LogP contribution in [0.15, 0.2) is 42.5 Å². The molecule has 0 saturated carbocycles. The summed E-state index contributed by atoms with van der Waals surface area (Å²) < 4.78 is 0. The molecule has 0 radical (unpaired) electrons. The molecule has 0 aromatic heterocycles. The first-order valence-electron chi connectivity index (χ1n) is 12.7. The second-order valence-electron chi connectivity index (χ2n) is 9.62. The molecule has 2 aromatic rings. The molecule has 0 spiro atoms. The lowest BCUT2D eigenvalue weighted by molar-refractivity contribution is 0.262. The van der Waals surface area contributed by atoms with Gasteiger partial charge in [-0.1, -0.05) is 110 Å². The van der Waals surface area contributed by atoms with E-state index in [1.54, 1.807) is 0 Å². The zero-order chi connectivity index (χ0) is 23.3. The van der Waals surface area contributed by atoms with Crippen molar-refractivity contribution in [2.75, 3.05) is 10.6 Å². The average molecular weight is 437 g/mol. The summed E-state index contributed by atoms with van der Waals surface area (Å²) in [7, 11) is 0. The average Bonchev–Trinajstić information content (AvgIpc) is 2.76. The van der Waals surface area contributed by atoms with Crippen molar-refractivity contribution in [3.63, 3.8) is 0 Å². The Labute approximate surface area is 196 Å². The Morgan fingerprint density at radius 2 is 1.25 bits per heavy atom. The highest BCUT2D eigenvalue weighted by Crippen LogP contribution is 2.32. The molecule has 2 aromatic carbocycles. The van der Waals surface area contributed by atoms with Crippen molar-refractivity contribution in [2.24, 2.45) is 0 Å². The van der Waals surface area contributed by atoms with E-state index in [-0.39, 0.29) is 6.03 Å². The maximum atomic E-state index is 12.7. The van der Waals surface area contributed by atoms with E-state index >= 15 is 0 Å². The van der Waals surface area contributed by atoms with Gasteiger partial charge in [-0.05, 0) is 53.5 Å². The number of nitrogens with one attached hydrogen (secondary N) is 2. The molecule has 0 saturated heterocycles. The van der Waals surface area contributed by atoms with Crippen LogP contribution in [-0.2, 0) is 6.42 Å². The number of amides is 2. The zero-order valence-electron chi connectivity index (χ0n) is 21.0. The summed E-state index contributed by atoms with van der Waals surface area (Å²) in [4.78, 5) is 12.7. The second-order valence-corrected chi connectivity index (χ2v) is 9.62. The Hall–Kier alpha value is -2.29. The number of para-hydroxylation sites is 1. The standard InChI is InChI=1S/C29H44N2O/c1-6-7-8-9-10-11-12-13-15-24-18-20-25(21-19-24)30-29(32)31-28-26(22(2)3)16-14-17-27(28)23(4)5/h14,16-23H,6-13,15H2,1-5H3,(H2,30,31,32). The number of benzene rings is 2. The number of carbonyl (C=O) groups excluding carboxylic acids is 1. The smallest absolute Gasteiger partial charge is 0.308 e. The number of hydrogen-bond donors (Lipinski definition) is 2. The molecular weight excluding hydrogens is 392 g/mol. The van der Waals surface area contributed by atoms with Gasteiger partial charge in [-0.3, -0.25) is 0 Å². The van der Waals surface area contributed by atoms with Crippen molar-refractivity contribution < 1.29 is 4.79 Å². The molecule has 0 heterocycles. The fraction of sp³-hybridized carbons (Fsp3) is 0.552. The molecule has 0 aliphatic rings. The first-order valence-corrected chi connectivity index (χ1v) is 12.7. The molecule has 0 atom stereocenters. The molecule has 0 aliphatic carbocycles. The van der Waals surface area contributed by atoms with Gasteiger partial charge in [-0.15, -0.1) is 0 Å². The largest absolute Gasteiger partial charge is 0.323 e. The Morgan fingerprint density at radius 1 is 0.719 bits per heavy atom. The van der Waals surface area contributed by atoms with Crippen molar-refractivity contribution in [3.8, 4) is 0 Å². The van der Waals surface area contributed by atoms with Gasteiger partial charge in [-0.2, -0.15) is 0 Å².